The summed E-state index contributed by atoms with van der Waals surface area (Å²) < 4.78 is 22.4. The first-order valence-corrected chi connectivity index (χ1v) is 7.73. The van der Waals surface area contributed by atoms with E-state index in [0.717, 1.165) is 11.8 Å². The van der Waals surface area contributed by atoms with Gasteiger partial charge >= 0.3 is 0 Å². The summed E-state index contributed by atoms with van der Waals surface area (Å²) in [5.74, 6) is 0.534. The maximum Gasteiger partial charge on any atom is 0.150 e. The first kappa shape index (κ1) is 14.2. The fourth-order valence-corrected chi connectivity index (χ4v) is 2.45. The van der Waals surface area contributed by atoms with Gasteiger partial charge in [0.2, 0.25) is 0 Å². The van der Waals surface area contributed by atoms with Crippen molar-refractivity contribution in [3.05, 3.63) is 12.7 Å². The lowest BCUT2D eigenvalue weighted by Gasteiger charge is -2.22. The SMILES string of the molecule is C=CC(C)(CBr)CCCS(=O)(=O)CC. The van der Waals surface area contributed by atoms with Crippen LogP contribution in [0.5, 0.6) is 0 Å². The number of hydrogen-bond donors (Lipinski definition) is 0. The molecule has 84 valence electrons. The molecule has 1 atom stereocenters. The highest BCUT2D eigenvalue weighted by Crippen LogP contribution is 2.27. The average Bonchev–Trinajstić information content (AvgIpc) is 2.17. The molecule has 0 aromatic rings. The summed E-state index contributed by atoms with van der Waals surface area (Å²) in [5, 5.41) is 0.829. The van der Waals surface area contributed by atoms with Gasteiger partial charge in [0, 0.05) is 11.1 Å². The van der Waals surface area contributed by atoms with Crippen LogP contribution in [0.3, 0.4) is 0 Å². The van der Waals surface area contributed by atoms with Crippen molar-refractivity contribution in [2.45, 2.75) is 26.7 Å². The molecule has 2 nitrogen and oxygen atoms in total. The molecule has 0 saturated carbocycles. The Balaban J connectivity index is 4.02. The molecule has 0 rings (SSSR count). The molecule has 0 bridgehead atoms. The summed E-state index contributed by atoms with van der Waals surface area (Å²) in [6.07, 6.45) is 3.46. The molecule has 0 aliphatic rings. The molecule has 0 radical (unpaired) electrons. The van der Waals surface area contributed by atoms with Gasteiger partial charge in [-0.05, 0) is 18.3 Å². The lowest BCUT2D eigenvalue weighted by Crippen LogP contribution is -2.17. The summed E-state index contributed by atoms with van der Waals surface area (Å²) in [6, 6.07) is 0. The lowest BCUT2D eigenvalue weighted by molar-refractivity contribution is 0.445. The average molecular weight is 283 g/mol. The van der Waals surface area contributed by atoms with Crippen LogP contribution in [0, 0.1) is 5.41 Å². The number of hydrogen-bond acceptors (Lipinski definition) is 2. The molecular weight excluding hydrogens is 264 g/mol. The Morgan fingerprint density at radius 1 is 1.50 bits per heavy atom. The first-order chi connectivity index (χ1) is 6.39. The van der Waals surface area contributed by atoms with Gasteiger partial charge in [0.1, 0.15) is 9.84 Å². The molecule has 0 spiro atoms. The predicted molar refractivity (Wildman–Crippen MR) is 65.7 cm³/mol. The predicted octanol–water partition coefficient (Wildman–Crippen LogP) is 2.79. The van der Waals surface area contributed by atoms with E-state index in [1.165, 1.54) is 0 Å². The van der Waals surface area contributed by atoms with E-state index in [9.17, 15) is 8.42 Å². The van der Waals surface area contributed by atoms with E-state index in [2.05, 4.69) is 29.4 Å². The molecule has 0 N–H and O–H groups in total. The van der Waals surface area contributed by atoms with Crippen molar-refractivity contribution in [2.75, 3.05) is 16.8 Å². The zero-order valence-electron chi connectivity index (χ0n) is 8.92. The Hall–Kier alpha value is 0.170. The molecule has 0 fully saturated rings. The molecule has 0 heterocycles. The highest BCUT2D eigenvalue weighted by atomic mass is 79.9. The minimum Gasteiger partial charge on any atom is -0.229 e. The molecule has 0 aromatic carbocycles. The van der Waals surface area contributed by atoms with Crippen molar-refractivity contribution in [1.29, 1.82) is 0 Å². The zero-order chi connectivity index (χ0) is 11.2. The minimum atomic E-state index is -2.81. The summed E-state index contributed by atoms with van der Waals surface area (Å²) in [7, 11) is -2.81. The van der Waals surface area contributed by atoms with Crippen LogP contribution in [0.2, 0.25) is 0 Å². The van der Waals surface area contributed by atoms with Gasteiger partial charge in [0.05, 0.1) is 5.75 Å². The van der Waals surface area contributed by atoms with Gasteiger partial charge < -0.3 is 0 Å². The molecule has 0 aliphatic carbocycles. The summed E-state index contributed by atoms with van der Waals surface area (Å²) in [6.45, 7) is 7.52. The van der Waals surface area contributed by atoms with Crippen molar-refractivity contribution < 1.29 is 8.42 Å². The van der Waals surface area contributed by atoms with E-state index in [-0.39, 0.29) is 11.2 Å². The Morgan fingerprint density at radius 2 is 2.07 bits per heavy atom. The number of sulfone groups is 1. The standard InChI is InChI=1S/C10H19BrO2S/c1-4-10(3,9-11)7-6-8-14(12,13)5-2/h4H,1,5-9H2,2-3H3. The number of alkyl halides is 1. The normalized spacial score (nSPS) is 16.2. The van der Waals surface area contributed by atoms with Gasteiger partial charge in [-0.2, -0.15) is 0 Å². The van der Waals surface area contributed by atoms with Crippen molar-refractivity contribution in [3.63, 3.8) is 0 Å². The fraction of sp³-hybridized carbons (Fsp3) is 0.800. The number of rotatable bonds is 7. The Kier molecular flexibility index (Phi) is 5.98. The van der Waals surface area contributed by atoms with Crippen LogP contribution in [0.15, 0.2) is 12.7 Å². The van der Waals surface area contributed by atoms with Gasteiger partial charge in [0.15, 0.2) is 0 Å². The molecule has 1 unspecified atom stereocenters. The quantitative estimate of drug-likeness (QED) is 0.532. The lowest BCUT2D eigenvalue weighted by atomic mass is 9.88. The number of allylic oxidation sites excluding steroid dienone is 1. The van der Waals surface area contributed by atoms with Crippen LogP contribution >= 0.6 is 15.9 Å². The van der Waals surface area contributed by atoms with E-state index in [1.807, 2.05) is 6.08 Å². The van der Waals surface area contributed by atoms with Gasteiger partial charge in [-0.15, -0.1) is 6.58 Å². The van der Waals surface area contributed by atoms with Crippen LogP contribution in [0.4, 0.5) is 0 Å². The molecule has 0 amide bonds. The molecule has 14 heavy (non-hydrogen) atoms. The first-order valence-electron chi connectivity index (χ1n) is 4.79. The highest BCUT2D eigenvalue weighted by molar-refractivity contribution is 9.09. The Bertz CT molecular complexity index is 272. The van der Waals surface area contributed by atoms with Crippen LogP contribution in [0.1, 0.15) is 26.7 Å². The summed E-state index contributed by atoms with van der Waals surface area (Å²) >= 11 is 3.41. The van der Waals surface area contributed by atoms with E-state index >= 15 is 0 Å². The van der Waals surface area contributed by atoms with Crippen molar-refractivity contribution in [2.24, 2.45) is 5.41 Å². The molecular formula is C10H19BrO2S. The van der Waals surface area contributed by atoms with Gasteiger partial charge in [-0.1, -0.05) is 35.9 Å². The maximum atomic E-state index is 11.2. The second-order valence-corrected chi connectivity index (χ2v) is 6.87. The minimum absolute atomic E-state index is 0.0171. The molecule has 0 aliphatic heterocycles. The van der Waals surface area contributed by atoms with Gasteiger partial charge in [-0.3, -0.25) is 0 Å². The third-order valence-corrected chi connectivity index (χ3v) is 5.51. The van der Waals surface area contributed by atoms with Crippen LogP contribution in [0.25, 0.3) is 0 Å². The molecule has 0 aromatic heterocycles. The van der Waals surface area contributed by atoms with Gasteiger partial charge in [0.25, 0.3) is 0 Å². The highest BCUT2D eigenvalue weighted by Gasteiger charge is 2.19. The Labute approximate surface area is 95.8 Å². The monoisotopic (exact) mass is 282 g/mol. The topological polar surface area (TPSA) is 34.1 Å². The van der Waals surface area contributed by atoms with Crippen LogP contribution in [-0.2, 0) is 9.84 Å². The molecule has 0 saturated heterocycles. The second kappa shape index (κ2) is 5.91. The van der Waals surface area contributed by atoms with E-state index < -0.39 is 9.84 Å². The number of halogens is 1. The zero-order valence-corrected chi connectivity index (χ0v) is 11.3. The third kappa shape index (κ3) is 5.15. The maximum absolute atomic E-state index is 11.2. The van der Waals surface area contributed by atoms with E-state index in [1.54, 1.807) is 6.92 Å². The molecule has 4 heteroatoms. The summed E-state index contributed by atoms with van der Waals surface area (Å²) in [4.78, 5) is 0. The second-order valence-electron chi connectivity index (χ2n) is 3.83. The van der Waals surface area contributed by atoms with Crippen LogP contribution in [-0.4, -0.2) is 25.3 Å². The van der Waals surface area contributed by atoms with Crippen LogP contribution < -0.4 is 0 Å². The van der Waals surface area contributed by atoms with Crippen molar-refractivity contribution >= 4 is 25.8 Å². The fourth-order valence-electron chi connectivity index (χ4n) is 1.06. The van der Waals surface area contributed by atoms with Gasteiger partial charge in [-0.25, -0.2) is 8.42 Å². The third-order valence-electron chi connectivity index (χ3n) is 2.44. The van der Waals surface area contributed by atoms with E-state index in [0.29, 0.717) is 12.2 Å². The van der Waals surface area contributed by atoms with Crippen molar-refractivity contribution in [3.8, 4) is 0 Å². The smallest absolute Gasteiger partial charge is 0.150 e. The Morgan fingerprint density at radius 3 is 2.43 bits per heavy atom. The van der Waals surface area contributed by atoms with E-state index in [4.69, 9.17) is 0 Å². The van der Waals surface area contributed by atoms with Crippen molar-refractivity contribution in [1.82, 2.24) is 0 Å². The largest absolute Gasteiger partial charge is 0.229 e. The summed E-state index contributed by atoms with van der Waals surface area (Å²) in [5.41, 5.74) is 0.0171.